The lowest BCUT2D eigenvalue weighted by Crippen LogP contribution is -2.45. The number of ether oxygens (including phenoxy) is 1. The maximum atomic E-state index is 13.1. The van der Waals surface area contributed by atoms with Crippen molar-refractivity contribution in [2.24, 2.45) is 0 Å². The van der Waals surface area contributed by atoms with E-state index >= 15 is 0 Å². The van der Waals surface area contributed by atoms with E-state index in [4.69, 9.17) is 4.74 Å². The van der Waals surface area contributed by atoms with Crippen LogP contribution < -0.4 is 5.32 Å². The summed E-state index contributed by atoms with van der Waals surface area (Å²) in [5.74, 6) is -1.09. The van der Waals surface area contributed by atoms with E-state index in [2.05, 4.69) is 15.2 Å². The van der Waals surface area contributed by atoms with Gasteiger partial charge in [-0.3, -0.25) is 14.5 Å². The maximum absolute atomic E-state index is 13.1. The summed E-state index contributed by atoms with van der Waals surface area (Å²) in [5, 5.41) is 3.10. The van der Waals surface area contributed by atoms with Gasteiger partial charge >= 0.3 is 6.18 Å². The summed E-state index contributed by atoms with van der Waals surface area (Å²) in [4.78, 5) is 34.2. The molecule has 0 spiro atoms. The number of amides is 2. The van der Waals surface area contributed by atoms with Crippen molar-refractivity contribution in [1.29, 1.82) is 0 Å². The lowest BCUT2D eigenvalue weighted by molar-refractivity contribution is -0.137. The average molecular weight is 471 g/mol. The molecule has 1 N–H and O–H groups in total. The molecular formula is C21H25F3N4O3S. The third-order valence-corrected chi connectivity index (χ3v) is 6.11. The lowest BCUT2D eigenvalue weighted by atomic mass is 10.1. The number of rotatable bonds is 7. The van der Waals surface area contributed by atoms with Crippen molar-refractivity contribution in [2.45, 2.75) is 20.0 Å². The highest BCUT2D eigenvalue weighted by Crippen LogP contribution is 2.29. The first-order valence-electron chi connectivity index (χ1n) is 10.1. The molecule has 0 radical (unpaired) electrons. The number of anilines is 1. The van der Waals surface area contributed by atoms with Gasteiger partial charge in [0.05, 0.1) is 24.5 Å². The van der Waals surface area contributed by atoms with Crippen LogP contribution in [0.15, 0.2) is 24.3 Å². The predicted molar refractivity (Wildman–Crippen MR) is 115 cm³/mol. The number of aryl methyl sites for hydroxylation is 2. The molecule has 0 aliphatic carbocycles. The first-order chi connectivity index (χ1) is 15.1. The third-order valence-electron chi connectivity index (χ3n) is 5.12. The van der Waals surface area contributed by atoms with E-state index in [1.807, 2.05) is 13.8 Å². The molecule has 2 amide bonds. The standard InChI is InChI=1S/C21H25F3N4O3S/c1-14-15(2)32-20(25-14)26-18(29)13-28(7-6-27-8-10-31-11-9-27)19(30)16-4-3-5-17(12-16)21(22,23)24/h3-5,12H,6-11,13H2,1-2H3,(H,25,26,29). The molecular weight excluding hydrogens is 445 g/mol. The molecule has 7 nitrogen and oxygen atoms in total. The summed E-state index contributed by atoms with van der Waals surface area (Å²) >= 11 is 1.32. The lowest BCUT2D eigenvalue weighted by Gasteiger charge is -2.30. The number of hydrogen-bond acceptors (Lipinski definition) is 6. The fourth-order valence-corrected chi connectivity index (χ4v) is 4.04. The Morgan fingerprint density at radius 2 is 1.97 bits per heavy atom. The van der Waals surface area contributed by atoms with Gasteiger partial charge in [0.25, 0.3) is 5.91 Å². The molecule has 174 valence electrons. The van der Waals surface area contributed by atoms with Crippen LogP contribution in [0.25, 0.3) is 0 Å². The van der Waals surface area contributed by atoms with E-state index in [9.17, 15) is 22.8 Å². The number of nitrogens with zero attached hydrogens (tertiary/aromatic N) is 3. The summed E-state index contributed by atoms with van der Waals surface area (Å²) in [6, 6.07) is 4.24. The summed E-state index contributed by atoms with van der Waals surface area (Å²) < 4.78 is 44.6. The van der Waals surface area contributed by atoms with E-state index in [1.165, 1.54) is 28.4 Å². The number of morpholine rings is 1. The van der Waals surface area contributed by atoms with Gasteiger partial charge in [0.1, 0.15) is 6.54 Å². The highest BCUT2D eigenvalue weighted by molar-refractivity contribution is 7.15. The Hall–Kier alpha value is -2.50. The Labute approximate surface area is 188 Å². The number of aromatic nitrogens is 1. The van der Waals surface area contributed by atoms with E-state index in [-0.39, 0.29) is 18.7 Å². The fraction of sp³-hybridized carbons (Fsp3) is 0.476. The smallest absolute Gasteiger partial charge is 0.379 e. The molecule has 1 fully saturated rings. The highest BCUT2D eigenvalue weighted by atomic mass is 32.1. The van der Waals surface area contributed by atoms with Crippen LogP contribution in [0.4, 0.5) is 18.3 Å². The zero-order valence-electron chi connectivity index (χ0n) is 17.9. The Kier molecular flexibility index (Phi) is 7.86. The summed E-state index contributed by atoms with van der Waals surface area (Å²) in [6.45, 7) is 6.62. The molecule has 32 heavy (non-hydrogen) atoms. The van der Waals surface area contributed by atoms with Crippen LogP contribution in [-0.4, -0.2) is 72.5 Å². The number of carbonyl (C=O) groups excluding carboxylic acids is 2. The van der Waals surface area contributed by atoms with Crippen molar-refractivity contribution in [1.82, 2.24) is 14.8 Å². The minimum Gasteiger partial charge on any atom is -0.379 e. The number of halogens is 3. The van der Waals surface area contributed by atoms with Crippen molar-refractivity contribution < 1.29 is 27.5 Å². The van der Waals surface area contributed by atoms with Crippen LogP contribution >= 0.6 is 11.3 Å². The number of nitrogens with one attached hydrogen (secondary N) is 1. The van der Waals surface area contributed by atoms with Crippen LogP contribution in [0.2, 0.25) is 0 Å². The molecule has 1 aliphatic heterocycles. The van der Waals surface area contributed by atoms with Crippen LogP contribution in [0.3, 0.4) is 0 Å². The minimum absolute atomic E-state index is 0.115. The van der Waals surface area contributed by atoms with E-state index in [0.29, 0.717) is 38.0 Å². The number of thiazole rings is 1. The van der Waals surface area contributed by atoms with Crippen LogP contribution in [-0.2, 0) is 15.7 Å². The van der Waals surface area contributed by atoms with Crippen molar-refractivity contribution >= 4 is 28.3 Å². The monoisotopic (exact) mass is 470 g/mol. The zero-order chi connectivity index (χ0) is 23.3. The number of carbonyl (C=O) groups is 2. The molecule has 3 rings (SSSR count). The number of hydrogen-bond donors (Lipinski definition) is 1. The van der Waals surface area contributed by atoms with Gasteiger partial charge in [-0.2, -0.15) is 13.2 Å². The molecule has 0 bridgehead atoms. The van der Waals surface area contributed by atoms with Gasteiger partial charge in [-0.15, -0.1) is 11.3 Å². The summed E-state index contributed by atoms with van der Waals surface area (Å²) in [6.07, 6.45) is -4.56. The van der Waals surface area contributed by atoms with Gasteiger partial charge in [-0.25, -0.2) is 4.98 Å². The van der Waals surface area contributed by atoms with Gasteiger partial charge < -0.3 is 15.0 Å². The van der Waals surface area contributed by atoms with Crippen molar-refractivity contribution in [3.63, 3.8) is 0 Å². The Bertz CT molecular complexity index is 939. The molecule has 2 heterocycles. The third kappa shape index (κ3) is 6.50. The molecule has 0 atom stereocenters. The summed E-state index contributed by atoms with van der Waals surface area (Å²) in [5.41, 5.74) is -0.222. The van der Waals surface area contributed by atoms with Crippen LogP contribution in [0.1, 0.15) is 26.5 Å². The first kappa shape index (κ1) is 24.1. The van der Waals surface area contributed by atoms with Crippen molar-refractivity contribution in [3.05, 3.63) is 46.0 Å². The van der Waals surface area contributed by atoms with Crippen molar-refractivity contribution in [2.75, 3.05) is 51.3 Å². The molecule has 1 aromatic heterocycles. The second-order valence-corrected chi connectivity index (χ2v) is 8.67. The Morgan fingerprint density at radius 3 is 2.59 bits per heavy atom. The normalized spacial score (nSPS) is 14.9. The molecule has 1 aromatic carbocycles. The second kappa shape index (κ2) is 10.4. The Morgan fingerprint density at radius 1 is 1.25 bits per heavy atom. The number of alkyl halides is 3. The Balaban J connectivity index is 1.74. The molecule has 11 heteroatoms. The van der Waals surface area contributed by atoms with Gasteiger partial charge in [0.15, 0.2) is 5.13 Å². The maximum Gasteiger partial charge on any atom is 0.416 e. The zero-order valence-corrected chi connectivity index (χ0v) is 18.7. The highest BCUT2D eigenvalue weighted by Gasteiger charge is 2.31. The molecule has 2 aromatic rings. The van der Waals surface area contributed by atoms with Gasteiger partial charge in [-0.05, 0) is 32.0 Å². The molecule has 1 aliphatic rings. The average Bonchev–Trinajstić information content (AvgIpc) is 3.07. The van der Waals surface area contributed by atoms with Crippen LogP contribution in [0, 0.1) is 13.8 Å². The molecule has 1 saturated heterocycles. The van der Waals surface area contributed by atoms with E-state index in [0.717, 1.165) is 22.7 Å². The van der Waals surface area contributed by atoms with Gasteiger partial charge in [-0.1, -0.05) is 6.07 Å². The first-order valence-corrected chi connectivity index (χ1v) is 11.0. The van der Waals surface area contributed by atoms with Gasteiger partial charge in [0, 0.05) is 36.6 Å². The van der Waals surface area contributed by atoms with Gasteiger partial charge in [0.2, 0.25) is 5.91 Å². The number of benzene rings is 1. The molecule has 0 saturated carbocycles. The van der Waals surface area contributed by atoms with Crippen molar-refractivity contribution in [3.8, 4) is 0 Å². The van der Waals surface area contributed by atoms with E-state index in [1.54, 1.807) is 0 Å². The fourth-order valence-electron chi connectivity index (χ4n) is 3.21. The topological polar surface area (TPSA) is 74.8 Å². The largest absolute Gasteiger partial charge is 0.416 e. The van der Waals surface area contributed by atoms with E-state index < -0.39 is 23.6 Å². The predicted octanol–water partition coefficient (Wildman–Crippen LogP) is 3.19. The SMILES string of the molecule is Cc1nc(NC(=O)CN(CCN2CCOCC2)C(=O)c2cccc(C(F)(F)F)c2)sc1C. The second-order valence-electron chi connectivity index (χ2n) is 7.47. The minimum atomic E-state index is -4.56. The van der Waals surface area contributed by atoms with Crippen LogP contribution in [0.5, 0.6) is 0 Å². The molecule has 0 unspecified atom stereocenters. The quantitative estimate of drug-likeness (QED) is 0.673. The summed E-state index contributed by atoms with van der Waals surface area (Å²) in [7, 11) is 0.